The summed E-state index contributed by atoms with van der Waals surface area (Å²) in [7, 11) is 0. The Morgan fingerprint density at radius 2 is 1.85 bits per heavy atom. The third-order valence-corrected chi connectivity index (χ3v) is 5.12. The zero-order chi connectivity index (χ0) is 13.5. The fraction of sp³-hybridized carbons (Fsp3) is 0.500. The van der Waals surface area contributed by atoms with Crippen molar-refractivity contribution in [3.63, 3.8) is 0 Å². The number of ether oxygens (including phenoxy) is 1. The molecule has 0 amide bonds. The van der Waals surface area contributed by atoms with Gasteiger partial charge in [0.25, 0.3) is 0 Å². The summed E-state index contributed by atoms with van der Waals surface area (Å²) in [5.41, 5.74) is 3.56. The molecule has 1 aromatic carbocycles. The highest BCUT2D eigenvalue weighted by Crippen LogP contribution is 2.48. The van der Waals surface area contributed by atoms with Gasteiger partial charge in [-0.15, -0.1) is 0 Å². The van der Waals surface area contributed by atoms with Gasteiger partial charge in [-0.1, -0.05) is 43.2 Å². The van der Waals surface area contributed by atoms with Gasteiger partial charge in [0.05, 0.1) is 12.7 Å². The first kappa shape index (κ1) is 12.3. The van der Waals surface area contributed by atoms with Crippen LogP contribution >= 0.6 is 0 Å². The number of carbonyl (C=O) groups excluding carboxylic acids is 1. The monoisotopic (exact) mass is 268 g/mol. The minimum atomic E-state index is 0.325. The quantitative estimate of drug-likeness (QED) is 0.777. The predicted molar refractivity (Wildman–Crippen MR) is 78.2 cm³/mol. The van der Waals surface area contributed by atoms with E-state index in [4.69, 9.17) is 4.74 Å². The molecular formula is C18H20O2. The Balaban J connectivity index is 1.82. The summed E-state index contributed by atoms with van der Waals surface area (Å²) < 4.78 is 6.04. The highest BCUT2D eigenvalue weighted by Gasteiger charge is 2.44. The molecule has 1 aromatic rings. The second-order valence-electron chi connectivity index (χ2n) is 6.28. The van der Waals surface area contributed by atoms with Crippen LogP contribution in [0.5, 0.6) is 0 Å². The van der Waals surface area contributed by atoms with E-state index >= 15 is 0 Å². The number of benzene rings is 1. The molecular weight excluding hydrogens is 248 g/mol. The summed E-state index contributed by atoms with van der Waals surface area (Å²) in [5.74, 6) is 1.16. The summed E-state index contributed by atoms with van der Waals surface area (Å²) >= 11 is 0. The van der Waals surface area contributed by atoms with Crippen molar-refractivity contribution in [2.45, 2.75) is 38.2 Å². The van der Waals surface area contributed by atoms with Gasteiger partial charge in [0.2, 0.25) is 0 Å². The molecule has 2 fully saturated rings. The third kappa shape index (κ3) is 1.86. The molecule has 0 bridgehead atoms. The number of fused-ring (bicyclic) bond motifs is 3. The Bertz CT molecular complexity index is 558. The average Bonchev–Trinajstić information content (AvgIpc) is 2.84. The third-order valence-electron chi connectivity index (χ3n) is 5.12. The lowest BCUT2D eigenvalue weighted by atomic mass is 9.74. The van der Waals surface area contributed by atoms with Crippen molar-refractivity contribution in [1.82, 2.24) is 0 Å². The van der Waals surface area contributed by atoms with Crippen LogP contribution in [-0.4, -0.2) is 18.5 Å². The first-order chi connectivity index (χ1) is 9.84. The number of Topliss-reactive ketones (excluding diaryl/α,β-unsaturated/α-hetero) is 1. The molecule has 2 nitrogen and oxygen atoms in total. The number of ketones is 1. The SMILES string of the molecule is O=C1C[C@H]2CO[C@@H]3CCCC[C@H]3C2=C1c1ccccc1. The highest BCUT2D eigenvalue weighted by atomic mass is 16.5. The minimum absolute atomic E-state index is 0.325. The highest BCUT2D eigenvalue weighted by molar-refractivity contribution is 6.24. The smallest absolute Gasteiger partial charge is 0.164 e. The van der Waals surface area contributed by atoms with Gasteiger partial charge in [-0.3, -0.25) is 4.79 Å². The van der Waals surface area contributed by atoms with E-state index in [9.17, 15) is 4.79 Å². The number of carbonyl (C=O) groups is 1. The number of hydrogen-bond donors (Lipinski definition) is 0. The Kier molecular flexibility index (Phi) is 2.99. The lowest BCUT2D eigenvalue weighted by molar-refractivity contribution is -0.114. The van der Waals surface area contributed by atoms with E-state index < -0.39 is 0 Å². The summed E-state index contributed by atoms with van der Waals surface area (Å²) in [6, 6.07) is 10.2. The molecule has 4 rings (SSSR count). The average molecular weight is 268 g/mol. The van der Waals surface area contributed by atoms with Crippen LogP contribution in [0, 0.1) is 11.8 Å². The van der Waals surface area contributed by atoms with Gasteiger partial charge in [-0.2, -0.15) is 0 Å². The van der Waals surface area contributed by atoms with E-state index in [0.717, 1.165) is 24.2 Å². The molecule has 0 spiro atoms. The number of hydrogen-bond acceptors (Lipinski definition) is 2. The van der Waals surface area contributed by atoms with Crippen LogP contribution in [0.2, 0.25) is 0 Å². The van der Waals surface area contributed by atoms with Gasteiger partial charge in [0.15, 0.2) is 5.78 Å². The molecule has 1 saturated carbocycles. The van der Waals surface area contributed by atoms with Crippen molar-refractivity contribution in [1.29, 1.82) is 0 Å². The van der Waals surface area contributed by atoms with Crippen molar-refractivity contribution in [2.75, 3.05) is 6.61 Å². The maximum absolute atomic E-state index is 12.5. The van der Waals surface area contributed by atoms with Crippen LogP contribution in [0.25, 0.3) is 5.57 Å². The van der Waals surface area contributed by atoms with Gasteiger partial charge in [-0.25, -0.2) is 0 Å². The van der Waals surface area contributed by atoms with Gasteiger partial charge in [-0.05, 0) is 24.0 Å². The number of rotatable bonds is 1. The summed E-state index contributed by atoms with van der Waals surface area (Å²) in [5, 5.41) is 0. The molecule has 0 radical (unpaired) electrons. The van der Waals surface area contributed by atoms with E-state index in [-0.39, 0.29) is 0 Å². The van der Waals surface area contributed by atoms with Crippen LogP contribution in [0.4, 0.5) is 0 Å². The molecule has 20 heavy (non-hydrogen) atoms. The van der Waals surface area contributed by atoms with Crippen LogP contribution in [0.15, 0.2) is 35.9 Å². The molecule has 2 heteroatoms. The molecule has 0 unspecified atom stereocenters. The largest absolute Gasteiger partial charge is 0.377 e. The Hall–Kier alpha value is -1.41. The predicted octanol–water partition coefficient (Wildman–Crippen LogP) is 3.62. The summed E-state index contributed by atoms with van der Waals surface area (Å²) in [6.45, 7) is 0.749. The van der Waals surface area contributed by atoms with Crippen molar-refractivity contribution in [3.8, 4) is 0 Å². The van der Waals surface area contributed by atoms with Gasteiger partial charge < -0.3 is 4.74 Å². The second kappa shape index (κ2) is 4.85. The van der Waals surface area contributed by atoms with E-state index in [2.05, 4.69) is 12.1 Å². The standard InChI is InChI=1S/C18H20O2/c19-15-10-13-11-20-16-9-5-4-8-14(16)17(13)18(15)12-6-2-1-3-7-12/h1-3,6-7,13-14,16H,4-5,8-11H2/t13-,14+,16+/m0/s1. The first-order valence-corrected chi connectivity index (χ1v) is 7.79. The fourth-order valence-electron chi connectivity index (χ4n) is 4.26. The van der Waals surface area contributed by atoms with Crippen molar-refractivity contribution in [3.05, 3.63) is 41.5 Å². The van der Waals surface area contributed by atoms with Gasteiger partial charge >= 0.3 is 0 Å². The van der Waals surface area contributed by atoms with Crippen LogP contribution < -0.4 is 0 Å². The molecule has 0 N–H and O–H groups in total. The maximum Gasteiger partial charge on any atom is 0.164 e. The van der Waals surface area contributed by atoms with Crippen molar-refractivity contribution >= 4 is 11.4 Å². The maximum atomic E-state index is 12.5. The Labute approximate surface area is 119 Å². The van der Waals surface area contributed by atoms with Gasteiger partial charge in [0.1, 0.15) is 0 Å². The lowest BCUT2D eigenvalue weighted by Crippen LogP contribution is -2.37. The van der Waals surface area contributed by atoms with E-state index in [1.165, 1.54) is 24.8 Å². The van der Waals surface area contributed by atoms with Crippen LogP contribution in [0.1, 0.15) is 37.7 Å². The molecule has 1 aliphatic heterocycles. The topological polar surface area (TPSA) is 26.3 Å². The molecule has 3 aliphatic rings. The van der Waals surface area contributed by atoms with E-state index in [0.29, 0.717) is 30.1 Å². The van der Waals surface area contributed by atoms with Crippen LogP contribution in [0.3, 0.4) is 0 Å². The zero-order valence-corrected chi connectivity index (χ0v) is 11.7. The molecule has 1 saturated heterocycles. The normalized spacial score (nSPS) is 33.0. The number of allylic oxidation sites excluding steroid dienone is 1. The Morgan fingerprint density at radius 1 is 1.05 bits per heavy atom. The second-order valence-corrected chi connectivity index (χ2v) is 6.28. The minimum Gasteiger partial charge on any atom is -0.377 e. The van der Waals surface area contributed by atoms with Crippen molar-refractivity contribution < 1.29 is 9.53 Å². The van der Waals surface area contributed by atoms with E-state index in [1.807, 2.05) is 18.2 Å². The van der Waals surface area contributed by atoms with Crippen molar-refractivity contribution in [2.24, 2.45) is 11.8 Å². The lowest BCUT2D eigenvalue weighted by Gasteiger charge is -2.40. The van der Waals surface area contributed by atoms with Crippen LogP contribution in [-0.2, 0) is 9.53 Å². The molecule has 0 aromatic heterocycles. The fourth-order valence-corrected chi connectivity index (χ4v) is 4.26. The first-order valence-electron chi connectivity index (χ1n) is 7.79. The molecule has 3 atom stereocenters. The Morgan fingerprint density at radius 3 is 2.70 bits per heavy atom. The molecule has 1 heterocycles. The zero-order valence-electron chi connectivity index (χ0n) is 11.7. The summed E-state index contributed by atoms with van der Waals surface area (Å²) in [4.78, 5) is 12.5. The molecule has 2 aliphatic carbocycles. The molecule has 104 valence electrons. The van der Waals surface area contributed by atoms with Gasteiger partial charge in [0, 0.05) is 23.8 Å². The summed E-state index contributed by atoms with van der Waals surface area (Å²) in [6.07, 6.45) is 5.92. The van der Waals surface area contributed by atoms with E-state index in [1.54, 1.807) is 0 Å².